The average molecular weight is 222 g/mol. The second kappa shape index (κ2) is 4.78. The van der Waals surface area contributed by atoms with Gasteiger partial charge in [0.05, 0.1) is 6.61 Å². The summed E-state index contributed by atoms with van der Waals surface area (Å²) in [4.78, 5) is 0. The minimum Gasteiger partial charge on any atom is -0.323 e. The normalized spacial score (nSPS) is 25.3. The highest BCUT2D eigenvalue weighted by Gasteiger charge is 2.22. The molecule has 0 radical (unpaired) electrons. The van der Waals surface area contributed by atoms with Gasteiger partial charge in [0.1, 0.15) is 0 Å². The largest absolute Gasteiger partial charge is 0.323 e. The molecule has 1 aliphatic heterocycles. The van der Waals surface area contributed by atoms with Gasteiger partial charge in [0.15, 0.2) is 0 Å². The molecule has 0 saturated heterocycles. The van der Waals surface area contributed by atoms with Gasteiger partial charge in [0, 0.05) is 12.3 Å². The maximum atomic E-state index is 12.1. The first kappa shape index (κ1) is 10.7. The van der Waals surface area contributed by atoms with E-state index in [1.54, 1.807) is 0 Å². The predicted molar refractivity (Wildman–Crippen MR) is 62.3 cm³/mol. The van der Waals surface area contributed by atoms with Gasteiger partial charge in [0.25, 0.3) is 0 Å². The third-order valence-electron chi connectivity index (χ3n) is 2.50. The van der Waals surface area contributed by atoms with Gasteiger partial charge >= 0.3 is 0 Å². The van der Waals surface area contributed by atoms with Gasteiger partial charge in [-0.1, -0.05) is 42.5 Å². The van der Waals surface area contributed by atoms with Crippen LogP contribution in [0.3, 0.4) is 0 Å². The Labute approximate surface area is 90.4 Å². The van der Waals surface area contributed by atoms with E-state index >= 15 is 0 Å². The van der Waals surface area contributed by atoms with Crippen LogP contribution in [0.4, 0.5) is 0 Å². The first-order valence-electron chi connectivity index (χ1n) is 5.20. The number of rotatable bonds is 3. The van der Waals surface area contributed by atoms with Crippen molar-refractivity contribution in [2.24, 2.45) is 0 Å². The molecule has 1 aromatic carbocycles. The van der Waals surface area contributed by atoms with Gasteiger partial charge in [-0.25, -0.2) is 0 Å². The van der Waals surface area contributed by atoms with Gasteiger partial charge in [-0.2, -0.15) is 0 Å². The third kappa shape index (κ3) is 3.05. The van der Waals surface area contributed by atoms with Gasteiger partial charge in [-0.3, -0.25) is 4.57 Å². The SMILES string of the molecule is O=P1(OCc2ccccc2)CC=CCC1. The van der Waals surface area contributed by atoms with E-state index < -0.39 is 7.37 Å². The molecule has 1 atom stereocenters. The minimum absolute atomic E-state index is 0.464. The van der Waals surface area contributed by atoms with Crippen LogP contribution in [0.15, 0.2) is 42.5 Å². The Kier molecular flexibility index (Phi) is 3.40. The summed E-state index contributed by atoms with van der Waals surface area (Å²) in [7, 11) is -2.37. The van der Waals surface area contributed by atoms with Crippen LogP contribution in [0.2, 0.25) is 0 Å². The maximum absolute atomic E-state index is 12.1. The highest BCUT2D eigenvalue weighted by Crippen LogP contribution is 2.50. The van der Waals surface area contributed by atoms with Crippen LogP contribution in [0.5, 0.6) is 0 Å². The van der Waals surface area contributed by atoms with Crippen molar-refractivity contribution >= 4 is 7.37 Å². The monoisotopic (exact) mass is 222 g/mol. The van der Waals surface area contributed by atoms with Crippen LogP contribution < -0.4 is 0 Å². The van der Waals surface area contributed by atoms with E-state index in [2.05, 4.69) is 6.08 Å². The Bertz CT molecular complexity index is 384. The lowest BCUT2D eigenvalue weighted by Gasteiger charge is -2.19. The van der Waals surface area contributed by atoms with Crippen LogP contribution in [-0.4, -0.2) is 12.3 Å². The Morgan fingerprint density at radius 2 is 2.00 bits per heavy atom. The van der Waals surface area contributed by atoms with Crippen LogP contribution >= 0.6 is 7.37 Å². The van der Waals surface area contributed by atoms with Crippen molar-refractivity contribution in [3.05, 3.63) is 48.0 Å². The molecule has 0 spiro atoms. The molecule has 0 aliphatic carbocycles. The maximum Gasteiger partial charge on any atom is 0.207 e. The van der Waals surface area contributed by atoms with E-state index in [0.717, 1.165) is 12.0 Å². The molecule has 1 unspecified atom stereocenters. The predicted octanol–water partition coefficient (Wildman–Crippen LogP) is 3.44. The van der Waals surface area contributed by atoms with Crippen molar-refractivity contribution in [3.63, 3.8) is 0 Å². The fourth-order valence-corrected chi connectivity index (χ4v) is 3.41. The molecular formula is C12H15O2P. The smallest absolute Gasteiger partial charge is 0.207 e. The van der Waals surface area contributed by atoms with Gasteiger partial charge in [0.2, 0.25) is 7.37 Å². The molecule has 0 bridgehead atoms. The Hall–Kier alpha value is -0.850. The number of benzene rings is 1. The minimum atomic E-state index is -2.37. The van der Waals surface area contributed by atoms with Crippen LogP contribution in [0, 0.1) is 0 Å². The summed E-state index contributed by atoms with van der Waals surface area (Å²) in [6.07, 6.45) is 6.21. The Morgan fingerprint density at radius 3 is 2.67 bits per heavy atom. The number of allylic oxidation sites excluding steroid dienone is 2. The van der Waals surface area contributed by atoms with Crippen molar-refractivity contribution in [3.8, 4) is 0 Å². The lowest BCUT2D eigenvalue weighted by molar-refractivity contribution is 0.304. The van der Waals surface area contributed by atoms with Crippen molar-refractivity contribution in [2.45, 2.75) is 13.0 Å². The van der Waals surface area contributed by atoms with Crippen LogP contribution in [0.1, 0.15) is 12.0 Å². The van der Waals surface area contributed by atoms with E-state index in [4.69, 9.17) is 4.52 Å². The second-order valence-electron chi connectivity index (χ2n) is 3.74. The van der Waals surface area contributed by atoms with Crippen molar-refractivity contribution in [2.75, 3.05) is 12.3 Å². The fraction of sp³-hybridized carbons (Fsp3) is 0.333. The molecule has 2 nitrogen and oxygen atoms in total. The zero-order valence-corrected chi connectivity index (χ0v) is 9.53. The first-order valence-corrected chi connectivity index (χ1v) is 7.20. The van der Waals surface area contributed by atoms with E-state index in [0.29, 0.717) is 18.9 Å². The van der Waals surface area contributed by atoms with E-state index in [9.17, 15) is 4.57 Å². The molecular weight excluding hydrogens is 207 g/mol. The lowest BCUT2D eigenvalue weighted by Crippen LogP contribution is -2.02. The van der Waals surface area contributed by atoms with Crippen molar-refractivity contribution in [1.29, 1.82) is 0 Å². The van der Waals surface area contributed by atoms with Gasteiger partial charge in [-0.15, -0.1) is 0 Å². The van der Waals surface area contributed by atoms with Crippen molar-refractivity contribution < 1.29 is 9.09 Å². The average Bonchev–Trinajstić information content (AvgIpc) is 2.29. The third-order valence-corrected chi connectivity index (χ3v) is 4.80. The Balaban J connectivity index is 1.93. The second-order valence-corrected chi connectivity index (χ2v) is 6.44. The van der Waals surface area contributed by atoms with Crippen molar-refractivity contribution in [1.82, 2.24) is 0 Å². The molecule has 0 N–H and O–H groups in total. The van der Waals surface area contributed by atoms with E-state index in [-0.39, 0.29) is 0 Å². The molecule has 0 amide bonds. The highest BCUT2D eigenvalue weighted by atomic mass is 31.2. The molecule has 1 aromatic rings. The molecule has 1 heterocycles. The highest BCUT2D eigenvalue weighted by molar-refractivity contribution is 7.59. The molecule has 0 fully saturated rings. The molecule has 0 aromatic heterocycles. The molecule has 15 heavy (non-hydrogen) atoms. The lowest BCUT2D eigenvalue weighted by atomic mass is 10.2. The van der Waals surface area contributed by atoms with Gasteiger partial charge in [-0.05, 0) is 12.0 Å². The summed E-state index contributed by atoms with van der Waals surface area (Å²) < 4.78 is 17.7. The molecule has 1 aliphatic rings. The zero-order chi connectivity index (χ0) is 10.6. The molecule has 2 rings (SSSR count). The van der Waals surface area contributed by atoms with Crippen LogP contribution in [-0.2, 0) is 15.7 Å². The van der Waals surface area contributed by atoms with E-state index in [1.807, 2.05) is 36.4 Å². The zero-order valence-electron chi connectivity index (χ0n) is 8.63. The van der Waals surface area contributed by atoms with E-state index in [1.165, 1.54) is 0 Å². The quantitative estimate of drug-likeness (QED) is 0.578. The Morgan fingerprint density at radius 1 is 1.20 bits per heavy atom. The summed E-state index contributed by atoms with van der Waals surface area (Å²) in [5.74, 6) is 0. The first-order chi connectivity index (χ1) is 7.29. The fourth-order valence-electron chi connectivity index (χ4n) is 1.60. The number of hydrogen-bond donors (Lipinski definition) is 0. The van der Waals surface area contributed by atoms with Gasteiger partial charge < -0.3 is 4.52 Å². The summed E-state index contributed by atoms with van der Waals surface area (Å²) in [6, 6.07) is 9.89. The standard InChI is InChI=1S/C12H15O2P/c13-15(9-5-2-6-10-15)14-11-12-7-3-1-4-8-12/h1-5,7-8H,6,9-11H2. The summed E-state index contributed by atoms with van der Waals surface area (Å²) in [5, 5.41) is 0. The topological polar surface area (TPSA) is 26.3 Å². The molecule has 0 saturated carbocycles. The molecule has 80 valence electrons. The summed E-state index contributed by atoms with van der Waals surface area (Å²) >= 11 is 0. The summed E-state index contributed by atoms with van der Waals surface area (Å²) in [5.41, 5.74) is 1.09. The summed E-state index contributed by atoms with van der Waals surface area (Å²) in [6.45, 7) is 0.464. The molecule has 3 heteroatoms. The number of hydrogen-bond acceptors (Lipinski definition) is 2. The van der Waals surface area contributed by atoms with Crippen LogP contribution in [0.25, 0.3) is 0 Å².